The number of unbranched alkanes of at least 4 members (excludes halogenated alkanes) is 2. The normalized spacial score (nSPS) is 11.3. The van der Waals surface area contributed by atoms with Crippen molar-refractivity contribution in [2.24, 2.45) is 0 Å². The van der Waals surface area contributed by atoms with Crippen LogP contribution in [0.5, 0.6) is 0 Å². The summed E-state index contributed by atoms with van der Waals surface area (Å²) in [5, 5.41) is 0. The fourth-order valence-electron chi connectivity index (χ4n) is 1.10. The van der Waals surface area contributed by atoms with Crippen molar-refractivity contribution in [2.45, 2.75) is 52.6 Å². The Hall–Kier alpha value is -0.970. The molecule has 0 bridgehead atoms. The van der Waals surface area contributed by atoms with Crippen LogP contribution in [0.1, 0.15) is 46.5 Å². The predicted molar refractivity (Wildman–Crippen MR) is 53.1 cm³/mol. The third-order valence-electron chi connectivity index (χ3n) is 1.68. The Labute approximate surface area is 80.7 Å². The zero-order valence-electron chi connectivity index (χ0n) is 8.72. The number of rotatable bonds is 5. The van der Waals surface area contributed by atoms with Gasteiger partial charge in [0.05, 0.1) is 0 Å². The molecule has 0 heterocycles. The van der Waals surface area contributed by atoms with Gasteiger partial charge >= 0.3 is 5.97 Å². The van der Waals surface area contributed by atoms with Crippen LogP contribution in [0.3, 0.4) is 0 Å². The molecule has 0 saturated heterocycles. The van der Waals surface area contributed by atoms with E-state index >= 15 is 0 Å². The summed E-state index contributed by atoms with van der Waals surface area (Å²) < 4.78 is 5.02. The molecule has 0 amide bonds. The minimum atomic E-state index is -0.246. The van der Waals surface area contributed by atoms with Gasteiger partial charge in [-0.2, -0.15) is 0 Å². The van der Waals surface area contributed by atoms with Gasteiger partial charge in [0, 0.05) is 6.92 Å². The molecule has 0 radical (unpaired) electrons. The van der Waals surface area contributed by atoms with Crippen molar-refractivity contribution >= 4 is 5.97 Å². The van der Waals surface area contributed by atoms with Crippen LogP contribution in [0, 0.1) is 11.8 Å². The van der Waals surface area contributed by atoms with E-state index in [1.54, 1.807) is 6.92 Å². The van der Waals surface area contributed by atoms with Gasteiger partial charge in [0.25, 0.3) is 0 Å². The maximum absolute atomic E-state index is 10.7. The average Bonchev–Trinajstić information content (AvgIpc) is 2.04. The van der Waals surface area contributed by atoms with Gasteiger partial charge in [0.15, 0.2) is 6.10 Å². The van der Waals surface area contributed by atoms with E-state index in [0.717, 1.165) is 12.8 Å². The predicted octanol–water partition coefficient (Wildman–Crippen LogP) is 2.52. The molecule has 0 rings (SSSR count). The molecule has 74 valence electrons. The first-order chi connectivity index (χ1) is 6.20. The third kappa shape index (κ3) is 7.39. The van der Waals surface area contributed by atoms with Crippen molar-refractivity contribution in [1.82, 2.24) is 0 Å². The minimum Gasteiger partial charge on any atom is -0.449 e. The topological polar surface area (TPSA) is 26.3 Å². The van der Waals surface area contributed by atoms with E-state index in [0.29, 0.717) is 0 Å². The number of hydrogen-bond acceptors (Lipinski definition) is 2. The Balaban J connectivity index is 3.78. The summed E-state index contributed by atoms with van der Waals surface area (Å²) in [4.78, 5) is 10.7. The summed E-state index contributed by atoms with van der Waals surface area (Å²) in [6.07, 6.45) is 4.07. The summed E-state index contributed by atoms with van der Waals surface area (Å²) in [6.45, 7) is 5.33. The molecule has 0 fully saturated rings. The van der Waals surface area contributed by atoms with Crippen LogP contribution < -0.4 is 0 Å². The van der Waals surface area contributed by atoms with E-state index in [-0.39, 0.29) is 12.1 Å². The van der Waals surface area contributed by atoms with E-state index in [1.807, 2.05) is 0 Å². The summed E-state index contributed by atoms with van der Waals surface area (Å²) in [6, 6.07) is 0. The van der Waals surface area contributed by atoms with Crippen molar-refractivity contribution < 1.29 is 9.53 Å². The summed E-state index contributed by atoms with van der Waals surface area (Å²) in [7, 11) is 0. The maximum atomic E-state index is 10.7. The molecule has 0 N–H and O–H groups in total. The summed E-state index contributed by atoms with van der Waals surface area (Å²) in [5.41, 5.74) is 0. The first-order valence-corrected chi connectivity index (χ1v) is 4.80. The van der Waals surface area contributed by atoms with Gasteiger partial charge in [-0.25, -0.2) is 0 Å². The van der Waals surface area contributed by atoms with E-state index in [2.05, 4.69) is 18.8 Å². The molecular weight excluding hydrogens is 164 g/mol. The van der Waals surface area contributed by atoms with Crippen LogP contribution in [0.15, 0.2) is 0 Å². The van der Waals surface area contributed by atoms with Gasteiger partial charge in [0.2, 0.25) is 0 Å². The molecule has 0 aromatic rings. The van der Waals surface area contributed by atoms with Gasteiger partial charge in [-0.1, -0.05) is 25.7 Å². The SMILES string of the molecule is CC#CC(CCCCC)OC(C)=O. The van der Waals surface area contributed by atoms with Gasteiger partial charge < -0.3 is 4.74 Å². The fraction of sp³-hybridized carbons (Fsp3) is 0.727. The molecule has 1 atom stereocenters. The van der Waals surface area contributed by atoms with Crippen molar-refractivity contribution in [3.63, 3.8) is 0 Å². The van der Waals surface area contributed by atoms with Gasteiger partial charge in [-0.05, 0) is 19.8 Å². The number of esters is 1. The molecule has 0 aromatic heterocycles. The lowest BCUT2D eigenvalue weighted by Gasteiger charge is -2.09. The molecule has 0 saturated carbocycles. The van der Waals surface area contributed by atoms with Gasteiger partial charge in [0.1, 0.15) is 0 Å². The van der Waals surface area contributed by atoms with E-state index in [1.165, 1.54) is 19.8 Å². The van der Waals surface area contributed by atoms with Crippen molar-refractivity contribution in [1.29, 1.82) is 0 Å². The minimum absolute atomic E-state index is 0.200. The summed E-state index contributed by atoms with van der Waals surface area (Å²) in [5.74, 6) is 5.41. The number of hydrogen-bond donors (Lipinski definition) is 0. The Morgan fingerprint density at radius 1 is 1.46 bits per heavy atom. The Kier molecular flexibility index (Phi) is 7.10. The maximum Gasteiger partial charge on any atom is 0.303 e. The lowest BCUT2D eigenvalue weighted by Crippen LogP contribution is -2.14. The number of ether oxygens (including phenoxy) is 1. The first-order valence-electron chi connectivity index (χ1n) is 4.80. The smallest absolute Gasteiger partial charge is 0.303 e. The molecule has 2 heteroatoms. The highest BCUT2D eigenvalue weighted by molar-refractivity contribution is 5.66. The molecule has 0 spiro atoms. The zero-order valence-corrected chi connectivity index (χ0v) is 8.72. The van der Waals surface area contributed by atoms with Crippen molar-refractivity contribution in [3.05, 3.63) is 0 Å². The van der Waals surface area contributed by atoms with E-state index < -0.39 is 0 Å². The fourth-order valence-corrected chi connectivity index (χ4v) is 1.10. The average molecular weight is 182 g/mol. The third-order valence-corrected chi connectivity index (χ3v) is 1.68. The van der Waals surface area contributed by atoms with Crippen LogP contribution in [0.2, 0.25) is 0 Å². The molecule has 0 aliphatic rings. The van der Waals surface area contributed by atoms with Crippen LogP contribution in [-0.2, 0) is 9.53 Å². The van der Waals surface area contributed by atoms with Crippen LogP contribution in [0.4, 0.5) is 0 Å². The lowest BCUT2D eigenvalue weighted by molar-refractivity contribution is -0.144. The van der Waals surface area contributed by atoms with Gasteiger partial charge in [-0.15, -0.1) is 5.92 Å². The zero-order chi connectivity index (χ0) is 10.1. The Bertz CT molecular complexity index is 198. The molecule has 13 heavy (non-hydrogen) atoms. The van der Waals surface area contributed by atoms with Crippen LogP contribution in [-0.4, -0.2) is 12.1 Å². The quantitative estimate of drug-likeness (QED) is 0.371. The van der Waals surface area contributed by atoms with Crippen molar-refractivity contribution in [2.75, 3.05) is 0 Å². The number of carbonyl (C=O) groups is 1. The Morgan fingerprint density at radius 3 is 2.62 bits per heavy atom. The second-order valence-electron chi connectivity index (χ2n) is 2.99. The highest BCUT2D eigenvalue weighted by Gasteiger charge is 2.06. The molecule has 0 aromatic carbocycles. The standard InChI is InChI=1S/C11H18O2/c1-4-6-7-9-11(8-5-2)13-10(3)12/h11H,4,6-7,9H2,1-3H3. The number of carbonyl (C=O) groups excluding carboxylic acids is 1. The lowest BCUT2D eigenvalue weighted by atomic mass is 10.1. The molecule has 2 nitrogen and oxygen atoms in total. The van der Waals surface area contributed by atoms with Crippen LogP contribution in [0.25, 0.3) is 0 Å². The van der Waals surface area contributed by atoms with E-state index in [4.69, 9.17) is 4.74 Å². The van der Waals surface area contributed by atoms with E-state index in [9.17, 15) is 4.79 Å². The van der Waals surface area contributed by atoms with Crippen molar-refractivity contribution in [3.8, 4) is 11.8 Å². The molecule has 0 aliphatic heterocycles. The highest BCUT2D eigenvalue weighted by atomic mass is 16.5. The second-order valence-corrected chi connectivity index (χ2v) is 2.99. The van der Waals surface area contributed by atoms with Gasteiger partial charge in [-0.3, -0.25) is 4.79 Å². The highest BCUT2D eigenvalue weighted by Crippen LogP contribution is 2.06. The summed E-state index contributed by atoms with van der Waals surface area (Å²) >= 11 is 0. The first kappa shape index (κ1) is 12.0. The molecule has 0 aliphatic carbocycles. The molecule has 1 unspecified atom stereocenters. The largest absolute Gasteiger partial charge is 0.449 e. The molecular formula is C11H18O2. The van der Waals surface area contributed by atoms with Crippen LogP contribution >= 0.6 is 0 Å². The Morgan fingerprint density at radius 2 is 2.15 bits per heavy atom. The second kappa shape index (κ2) is 7.67. The monoisotopic (exact) mass is 182 g/mol.